The fraction of sp³-hybridized carbons (Fsp3) is 0.467. The number of hydrogen-bond donors (Lipinski definition) is 1. The molecule has 0 aliphatic rings. The number of halogens is 1. The highest BCUT2D eigenvalue weighted by molar-refractivity contribution is 6.25. The summed E-state index contributed by atoms with van der Waals surface area (Å²) in [6.07, 6.45) is 4.13. The first kappa shape index (κ1) is 15.1. The third-order valence-electron chi connectivity index (χ3n) is 2.84. The van der Waals surface area contributed by atoms with Gasteiger partial charge in [0.1, 0.15) is 5.75 Å². The predicted molar refractivity (Wildman–Crippen MR) is 78.2 cm³/mol. The van der Waals surface area contributed by atoms with Crippen molar-refractivity contribution in [1.29, 1.82) is 0 Å². The Bertz CT molecular complexity index is 359. The van der Waals surface area contributed by atoms with Crippen molar-refractivity contribution in [3.63, 3.8) is 0 Å². The summed E-state index contributed by atoms with van der Waals surface area (Å²) in [5, 5.41) is 0. The molecule has 3 heteroatoms. The van der Waals surface area contributed by atoms with Crippen molar-refractivity contribution in [3.8, 4) is 5.75 Å². The molecule has 0 amide bonds. The molecule has 2 N–H and O–H groups in total. The van der Waals surface area contributed by atoms with Crippen molar-refractivity contribution >= 4 is 11.6 Å². The molecule has 1 rings (SSSR count). The fourth-order valence-corrected chi connectivity index (χ4v) is 1.79. The number of ether oxygens (including phenoxy) is 1. The van der Waals surface area contributed by atoms with E-state index in [1.165, 1.54) is 5.56 Å². The van der Waals surface area contributed by atoms with Crippen molar-refractivity contribution in [2.75, 3.05) is 13.2 Å². The van der Waals surface area contributed by atoms with Crippen LogP contribution < -0.4 is 10.5 Å². The van der Waals surface area contributed by atoms with Gasteiger partial charge in [0.05, 0.1) is 6.61 Å². The molecule has 0 spiro atoms. The third-order valence-corrected chi connectivity index (χ3v) is 3.15. The summed E-state index contributed by atoms with van der Waals surface area (Å²) in [5.74, 6) is 0.944. The molecule has 100 valence electrons. The molecule has 0 aromatic heterocycles. The largest absolute Gasteiger partial charge is 0.494 e. The summed E-state index contributed by atoms with van der Waals surface area (Å²) in [5.41, 5.74) is 9.52. The van der Waals surface area contributed by atoms with Gasteiger partial charge in [0.25, 0.3) is 0 Å². The Hall–Kier alpha value is -0.990. The standard InChI is InChI=1S/C15H22ClNO/c1-2-3-10-18-15-8-6-13(7-9-15)4-5-14(11-16)12-17/h6-9,11H,2-5,10,12,17H2,1H3/b14-11-. The van der Waals surface area contributed by atoms with Gasteiger partial charge in [-0.15, -0.1) is 0 Å². The number of hydrogen-bond acceptors (Lipinski definition) is 2. The maximum absolute atomic E-state index is 5.67. The highest BCUT2D eigenvalue weighted by atomic mass is 35.5. The zero-order valence-electron chi connectivity index (χ0n) is 11.0. The minimum absolute atomic E-state index is 0.529. The fourth-order valence-electron chi connectivity index (χ4n) is 1.59. The molecule has 0 saturated heterocycles. The van der Waals surface area contributed by atoms with E-state index in [2.05, 4.69) is 19.1 Å². The van der Waals surface area contributed by atoms with Crippen LogP contribution >= 0.6 is 11.6 Å². The summed E-state index contributed by atoms with van der Waals surface area (Å²) in [4.78, 5) is 0. The summed E-state index contributed by atoms with van der Waals surface area (Å²) >= 11 is 5.67. The van der Waals surface area contributed by atoms with E-state index in [1.54, 1.807) is 5.54 Å². The number of nitrogens with two attached hydrogens (primary N) is 1. The van der Waals surface area contributed by atoms with Crippen molar-refractivity contribution in [3.05, 3.63) is 40.9 Å². The molecule has 0 bridgehead atoms. The van der Waals surface area contributed by atoms with Crippen LogP contribution in [0.4, 0.5) is 0 Å². The zero-order valence-corrected chi connectivity index (χ0v) is 11.7. The van der Waals surface area contributed by atoms with Gasteiger partial charge in [0.2, 0.25) is 0 Å². The summed E-state index contributed by atoms with van der Waals surface area (Å²) in [6, 6.07) is 8.25. The molecule has 18 heavy (non-hydrogen) atoms. The van der Waals surface area contributed by atoms with Crippen molar-refractivity contribution in [2.24, 2.45) is 5.73 Å². The molecule has 0 aliphatic heterocycles. The quantitative estimate of drug-likeness (QED) is 0.726. The van der Waals surface area contributed by atoms with Gasteiger partial charge in [-0.1, -0.05) is 37.1 Å². The molecule has 0 unspecified atom stereocenters. The highest BCUT2D eigenvalue weighted by Crippen LogP contribution is 2.15. The molecule has 1 aromatic rings. The van der Waals surface area contributed by atoms with Gasteiger partial charge < -0.3 is 10.5 Å². The second-order valence-corrected chi connectivity index (χ2v) is 4.54. The lowest BCUT2D eigenvalue weighted by Crippen LogP contribution is -2.03. The summed E-state index contributed by atoms with van der Waals surface area (Å²) in [6.45, 7) is 3.48. The van der Waals surface area contributed by atoms with Crippen LogP contribution in [-0.4, -0.2) is 13.2 Å². The molecule has 0 atom stereocenters. The maximum atomic E-state index is 5.67. The summed E-state index contributed by atoms with van der Waals surface area (Å²) in [7, 11) is 0. The Morgan fingerprint density at radius 3 is 2.61 bits per heavy atom. The van der Waals surface area contributed by atoms with Crippen LogP contribution in [0.25, 0.3) is 0 Å². The number of rotatable bonds is 8. The second-order valence-electron chi connectivity index (χ2n) is 4.32. The van der Waals surface area contributed by atoms with E-state index in [4.69, 9.17) is 22.1 Å². The van der Waals surface area contributed by atoms with E-state index in [-0.39, 0.29) is 0 Å². The predicted octanol–water partition coefficient (Wildman–Crippen LogP) is 3.88. The van der Waals surface area contributed by atoms with Gasteiger partial charge >= 0.3 is 0 Å². The van der Waals surface area contributed by atoms with E-state index < -0.39 is 0 Å². The van der Waals surface area contributed by atoms with Gasteiger partial charge in [0, 0.05) is 12.1 Å². The molecule has 0 aliphatic carbocycles. The lowest BCUT2D eigenvalue weighted by molar-refractivity contribution is 0.309. The van der Waals surface area contributed by atoms with Crippen LogP contribution in [0.2, 0.25) is 0 Å². The van der Waals surface area contributed by atoms with E-state index in [0.29, 0.717) is 6.54 Å². The van der Waals surface area contributed by atoms with Crippen LogP contribution in [0, 0.1) is 0 Å². The van der Waals surface area contributed by atoms with Gasteiger partial charge in [-0.2, -0.15) is 0 Å². The van der Waals surface area contributed by atoms with Crippen molar-refractivity contribution in [2.45, 2.75) is 32.6 Å². The highest BCUT2D eigenvalue weighted by Gasteiger charge is 1.98. The van der Waals surface area contributed by atoms with E-state index in [1.807, 2.05) is 12.1 Å². The molecule has 1 aromatic carbocycles. The molecule has 0 heterocycles. The Morgan fingerprint density at radius 2 is 2.06 bits per heavy atom. The lowest BCUT2D eigenvalue weighted by Gasteiger charge is -2.07. The third kappa shape index (κ3) is 5.56. The molecular weight excluding hydrogens is 246 g/mol. The second kappa shape index (κ2) is 9.01. The molecule has 0 saturated carbocycles. The lowest BCUT2D eigenvalue weighted by atomic mass is 10.1. The number of aryl methyl sites for hydroxylation is 1. The first-order chi connectivity index (χ1) is 8.80. The molecule has 2 nitrogen and oxygen atoms in total. The SMILES string of the molecule is CCCCOc1ccc(CC/C(=C/Cl)CN)cc1. The van der Waals surface area contributed by atoms with Crippen LogP contribution in [0.5, 0.6) is 5.75 Å². The zero-order chi connectivity index (χ0) is 13.2. The topological polar surface area (TPSA) is 35.2 Å². The van der Waals surface area contributed by atoms with Crippen LogP contribution in [0.1, 0.15) is 31.7 Å². The average molecular weight is 268 g/mol. The maximum Gasteiger partial charge on any atom is 0.119 e. The van der Waals surface area contributed by atoms with Crippen LogP contribution in [-0.2, 0) is 6.42 Å². The van der Waals surface area contributed by atoms with Crippen LogP contribution in [0.15, 0.2) is 35.4 Å². The van der Waals surface area contributed by atoms with E-state index in [9.17, 15) is 0 Å². The van der Waals surface area contributed by atoms with Crippen LogP contribution in [0.3, 0.4) is 0 Å². The smallest absolute Gasteiger partial charge is 0.119 e. The first-order valence-corrected chi connectivity index (χ1v) is 6.93. The normalized spacial score (nSPS) is 11.6. The molecule has 0 radical (unpaired) electrons. The van der Waals surface area contributed by atoms with Gasteiger partial charge in [-0.05, 0) is 42.5 Å². The monoisotopic (exact) mass is 267 g/mol. The average Bonchev–Trinajstić information content (AvgIpc) is 2.42. The van der Waals surface area contributed by atoms with Gasteiger partial charge in [-0.3, -0.25) is 0 Å². The minimum Gasteiger partial charge on any atom is -0.494 e. The van der Waals surface area contributed by atoms with Gasteiger partial charge in [0.15, 0.2) is 0 Å². The Balaban J connectivity index is 2.40. The Morgan fingerprint density at radius 1 is 1.33 bits per heavy atom. The Labute approximate surface area is 115 Å². The molecule has 0 fully saturated rings. The Kier molecular flexibility index (Phi) is 7.54. The van der Waals surface area contributed by atoms with Gasteiger partial charge in [-0.25, -0.2) is 0 Å². The summed E-state index contributed by atoms with van der Waals surface area (Å²) < 4.78 is 5.62. The van der Waals surface area contributed by atoms with Crippen molar-refractivity contribution < 1.29 is 4.74 Å². The number of unbranched alkanes of at least 4 members (excludes halogenated alkanes) is 1. The first-order valence-electron chi connectivity index (χ1n) is 6.50. The number of benzene rings is 1. The minimum atomic E-state index is 0.529. The van der Waals surface area contributed by atoms with E-state index >= 15 is 0 Å². The van der Waals surface area contributed by atoms with E-state index in [0.717, 1.165) is 43.6 Å². The van der Waals surface area contributed by atoms with Crippen molar-refractivity contribution in [1.82, 2.24) is 0 Å². The molecular formula is C15H22ClNO.